The minimum absolute atomic E-state index is 0.186. The first kappa shape index (κ1) is 19.5. The summed E-state index contributed by atoms with van der Waals surface area (Å²) >= 11 is 0. The first-order valence-corrected chi connectivity index (χ1v) is 10.6. The van der Waals surface area contributed by atoms with Crippen molar-refractivity contribution < 1.29 is 9.59 Å². The first-order valence-electron chi connectivity index (χ1n) is 10.6. The highest BCUT2D eigenvalue weighted by Crippen LogP contribution is 2.30. The van der Waals surface area contributed by atoms with Gasteiger partial charge in [0.2, 0.25) is 5.91 Å². The number of aromatic nitrogens is 2. The maximum Gasteiger partial charge on any atom is 0.324 e. The van der Waals surface area contributed by atoms with Crippen LogP contribution in [0, 0.1) is 12.8 Å². The van der Waals surface area contributed by atoms with Crippen LogP contribution in [0.25, 0.3) is 0 Å². The average molecular weight is 396 g/mol. The highest BCUT2D eigenvalue weighted by molar-refractivity contribution is 5.99. The van der Waals surface area contributed by atoms with Crippen molar-refractivity contribution >= 4 is 23.4 Å². The van der Waals surface area contributed by atoms with Crippen molar-refractivity contribution in [2.45, 2.75) is 51.5 Å². The fraction of sp³-hybridized carbons (Fsp3) is 0.500. The van der Waals surface area contributed by atoms with E-state index >= 15 is 0 Å². The van der Waals surface area contributed by atoms with Gasteiger partial charge in [0.1, 0.15) is 5.82 Å². The topological polar surface area (TPSA) is 79.3 Å². The number of amides is 3. The van der Waals surface area contributed by atoms with E-state index in [1.807, 2.05) is 46.8 Å². The van der Waals surface area contributed by atoms with Crippen LogP contribution in [0.15, 0.2) is 36.5 Å². The zero-order chi connectivity index (χ0) is 20.2. The molecule has 2 aromatic rings. The van der Waals surface area contributed by atoms with E-state index in [1.54, 1.807) is 6.20 Å². The van der Waals surface area contributed by atoms with Gasteiger partial charge < -0.3 is 10.2 Å². The zero-order valence-corrected chi connectivity index (χ0v) is 16.9. The molecule has 0 unspecified atom stereocenters. The van der Waals surface area contributed by atoms with E-state index in [1.165, 1.54) is 12.8 Å². The summed E-state index contributed by atoms with van der Waals surface area (Å²) in [6, 6.07) is 9.39. The number of aryl methyl sites for hydroxylation is 1. The molecular formula is C22H29N5O2. The number of rotatable bonds is 4. The third-order valence-corrected chi connectivity index (χ3v) is 6.13. The Morgan fingerprint density at radius 2 is 1.72 bits per heavy atom. The van der Waals surface area contributed by atoms with Gasteiger partial charge in [-0.15, -0.1) is 0 Å². The van der Waals surface area contributed by atoms with Crippen LogP contribution in [0.1, 0.15) is 50.1 Å². The number of carbonyl (C=O) groups excluding carboxylic acids is 2. The predicted molar refractivity (Wildman–Crippen MR) is 113 cm³/mol. The van der Waals surface area contributed by atoms with Gasteiger partial charge in [-0.1, -0.05) is 31.0 Å². The van der Waals surface area contributed by atoms with Gasteiger partial charge in [-0.25, -0.2) is 9.48 Å². The quantitative estimate of drug-likeness (QED) is 0.815. The minimum atomic E-state index is -0.283. The Labute approximate surface area is 171 Å². The Hall–Kier alpha value is -2.83. The number of likely N-dealkylation sites (tertiary alicyclic amines) is 1. The lowest BCUT2D eigenvalue weighted by atomic mass is 10.0. The van der Waals surface area contributed by atoms with E-state index in [0.717, 1.165) is 50.0 Å². The third kappa shape index (κ3) is 4.44. The molecule has 0 atom stereocenters. The van der Waals surface area contributed by atoms with Crippen LogP contribution in [0.3, 0.4) is 0 Å². The summed E-state index contributed by atoms with van der Waals surface area (Å²) in [6.07, 6.45) is 7.87. The number of urea groups is 1. The van der Waals surface area contributed by atoms with Crippen molar-refractivity contribution in [1.82, 2.24) is 14.7 Å². The molecule has 1 aliphatic carbocycles. The van der Waals surface area contributed by atoms with Crippen LogP contribution in [-0.4, -0.2) is 39.7 Å². The van der Waals surface area contributed by atoms with Gasteiger partial charge in [0.15, 0.2) is 0 Å². The number of hydrogen-bond acceptors (Lipinski definition) is 3. The first-order chi connectivity index (χ1) is 14.1. The Kier molecular flexibility index (Phi) is 5.83. The number of para-hydroxylation sites is 1. The molecule has 1 saturated heterocycles. The molecule has 4 rings (SSSR count). The number of nitrogens with one attached hydrogen (secondary N) is 2. The molecule has 1 aromatic heterocycles. The Bertz CT molecular complexity index is 864. The molecule has 1 saturated carbocycles. The van der Waals surface area contributed by atoms with Gasteiger partial charge in [-0.2, -0.15) is 5.10 Å². The second kappa shape index (κ2) is 8.68. The molecule has 2 fully saturated rings. The van der Waals surface area contributed by atoms with Crippen molar-refractivity contribution in [3.63, 3.8) is 0 Å². The molecule has 0 radical (unpaired) electrons. The van der Waals surface area contributed by atoms with Crippen LogP contribution >= 0.6 is 0 Å². The van der Waals surface area contributed by atoms with Gasteiger partial charge in [-0.05, 0) is 44.2 Å². The van der Waals surface area contributed by atoms with Crippen molar-refractivity contribution in [3.8, 4) is 0 Å². The van der Waals surface area contributed by atoms with E-state index in [9.17, 15) is 9.59 Å². The Morgan fingerprint density at radius 3 is 2.45 bits per heavy atom. The number of carbonyl (C=O) groups is 2. The standard InChI is InChI=1S/C22H29N5O2/c1-16-6-2-5-9-19(16)24-22(29)25-20-10-13-23-27(20)18-11-14-26(15-12-18)21(28)17-7-3-4-8-17/h2,5-6,9-10,13,17-18H,3-4,7-8,11-12,14-15H2,1H3,(H2,24,25,29). The fourth-order valence-corrected chi connectivity index (χ4v) is 4.45. The molecule has 7 heteroatoms. The molecule has 1 aromatic carbocycles. The number of nitrogens with zero attached hydrogens (tertiary/aromatic N) is 3. The highest BCUT2D eigenvalue weighted by atomic mass is 16.2. The lowest BCUT2D eigenvalue weighted by Crippen LogP contribution is -2.42. The molecule has 0 spiro atoms. The average Bonchev–Trinajstić information content (AvgIpc) is 3.42. The van der Waals surface area contributed by atoms with E-state index in [0.29, 0.717) is 11.7 Å². The molecule has 7 nitrogen and oxygen atoms in total. The second-order valence-corrected chi connectivity index (χ2v) is 8.09. The molecular weight excluding hydrogens is 366 g/mol. The molecule has 29 heavy (non-hydrogen) atoms. The predicted octanol–water partition coefficient (Wildman–Crippen LogP) is 4.19. The summed E-state index contributed by atoms with van der Waals surface area (Å²) in [6.45, 7) is 3.48. The van der Waals surface area contributed by atoms with Crippen molar-refractivity contribution in [1.29, 1.82) is 0 Å². The van der Waals surface area contributed by atoms with E-state index < -0.39 is 0 Å². The van der Waals surface area contributed by atoms with E-state index in [2.05, 4.69) is 15.7 Å². The number of benzene rings is 1. The monoisotopic (exact) mass is 395 g/mol. The smallest absolute Gasteiger partial charge is 0.324 e. The van der Waals surface area contributed by atoms with Gasteiger partial charge in [0, 0.05) is 30.8 Å². The maximum absolute atomic E-state index is 12.6. The van der Waals surface area contributed by atoms with Gasteiger partial charge >= 0.3 is 6.03 Å². The SMILES string of the molecule is Cc1ccccc1NC(=O)Nc1ccnn1C1CCN(C(=O)C2CCCC2)CC1. The highest BCUT2D eigenvalue weighted by Gasteiger charge is 2.31. The molecule has 0 bridgehead atoms. The molecule has 154 valence electrons. The second-order valence-electron chi connectivity index (χ2n) is 8.09. The normalized spacial score (nSPS) is 18.0. The number of piperidine rings is 1. The van der Waals surface area contributed by atoms with Crippen molar-refractivity contribution in [2.75, 3.05) is 23.7 Å². The molecule has 2 N–H and O–H groups in total. The largest absolute Gasteiger partial charge is 0.342 e. The van der Waals surface area contributed by atoms with Crippen LogP contribution in [0.4, 0.5) is 16.3 Å². The van der Waals surface area contributed by atoms with Crippen LogP contribution in [0.5, 0.6) is 0 Å². The Balaban J connectivity index is 1.34. The molecule has 3 amide bonds. The number of anilines is 2. The summed E-state index contributed by atoms with van der Waals surface area (Å²) in [5.41, 5.74) is 1.80. The molecule has 2 aliphatic rings. The zero-order valence-electron chi connectivity index (χ0n) is 16.9. The minimum Gasteiger partial charge on any atom is -0.342 e. The molecule has 1 aliphatic heterocycles. The van der Waals surface area contributed by atoms with Gasteiger partial charge in [-0.3, -0.25) is 10.1 Å². The fourth-order valence-electron chi connectivity index (χ4n) is 4.45. The summed E-state index contributed by atoms with van der Waals surface area (Å²) < 4.78 is 1.88. The number of hydrogen-bond donors (Lipinski definition) is 2. The van der Waals surface area contributed by atoms with Crippen molar-refractivity contribution in [2.24, 2.45) is 5.92 Å². The van der Waals surface area contributed by atoms with Crippen LogP contribution < -0.4 is 10.6 Å². The summed E-state index contributed by atoms with van der Waals surface area (Å²) in [7, 11) is 0. The summed E-state index contributed by atoms with van der Waals surface area (Å²) in [4.78, 5) is 27.1. The summed E-state index contributed by atoms with van der Waals surface area (Å²) in [5.74, 6) is 1.24. The van der Waals surface area contributed by atoms with Gasteiger partial charge in [0.05, 0.1) is 12.2 Å². The lowest BCUT2D eigenvalue weighted by Gasteiger charge is -2.34. The van der Waals surface area contributed by atoms with E-state index in [-0.39, 0.29) is 18.0 Å². The maximum atomic E-state index is 12.6. The Morgan fingerprint density at radius 1 is 1.00 bits per heavy atom. The van der Waals surface area contributed by atoms with E-state index in [4.69, 9.17) is 0 Å². The van der Waals surface area contributed by atoms with Crippen molar-refractivity contribution in [3.05, 3.63) is 42.1 Å². The lowest BCUT2D eigenvalue weighted by molar-refractivity contribution is -0.136. The van der Waals surface area contributed by atoms with Crippen LogP contribution in [-0.2, 0) is 4.79 Å². The molecule has 2 heterocycles. The van der Waals surface area contributed by atoms with Crippen LogP contribution in [0.2, 0.25) is 0 Å². The third-order valence-electron chi connectivity index (χ3n) is 6.13. The summed E-state index contributed by atoms with van der Waals surface area (Å²) in [5, 5.41) is 10.2. The van der Waals surface area contributed by atoms with Gasteiger partial charge in [0.25, 0.3) is 0 Å².